The zero-order chi connectivity index (χ0) is 15.2. The highest BCUT2D eigenvalue weighted by Gasteiger charge is 2.17. The Hall–Kier alpha value is -2.14. The smallest absolute Gasteiger partial charge is 0.234 e. The second-order valence-corrected chi connectivity index (χ2v) is 5.12. The van der Waals surface area contributed by atoms with Crippen molar-refractivity contribution in [1.82, 2.24) is 20.4 Å². The van der Waals surface area contributed by atoms with Crippen LogP contribution >= 0.6 is 0 Å². The summed E-state index contributed by atoms with van der Waals surface area (Å²) in [5.74, 6) is 0.0367. The van der Waals surface area contributed by atoms with Gasteiger partial charge >= 0.3 is 0 Å². The van der Waals surface area contributed by atoms with Gasteiger partial charge in [-0.05, 0) is 27.0 Å². The van der Waals surface area contributed by atoms with E-state index in [0.717, 1.165) is 17.0 Å². The molecule has 2 N–H and O–H groups in total. The molecule has 0 unspecified atom stereocenters. The molecule has 0 aliphatic heterocycles. The second kappa shape index (κ2) is 7.04. The molecule has 112 valence electrons. The molecule has 0 radical (unpaired) electrons. The molecule has 1 amide bonds. The number of aromatic nitrogens is 2. The molecule has 0 aliphatic rings. The number of benzene rings is 1. The topological polar surface area (TPSA) is 61.0 Å². The van der Waals surface area contributed by atoms with Crippen molar-refractivity contribution in [2.45, 2.75) is 19.9 Å². The fourth-order valence-corrected chi connectivity index (χ4v) is 2.16. The number of aromatic amines is 1. The van der Waals surface area contributed by atoms with Crippen molar-refractivity contribution >= 4 is 5.91 Å². The van der Waals surface area contributed by atoms with Gasteiger partial charge in [0.25, 0.3) is 0 Å². The molecule has 0 spiro atoms. The first-order valence-corrected chi connectivity index (χ1v) is 7.19. The van der Waals surface area contributed by atoms with E-state index in [1.807, 2.05) is 55.3 Å². The third-order valence-corrected chi connectivity index (χ3v) is 3.55. The molecule has 0 fully saturated rings. The molecule has 1 aromatic carbocycles. The maximum atomic E-state index is 11.6. The van der Waals surface area contributed by atoms with E-state index in [2.05, 4.69) is 22.4 Å². The lowest BCUT2D eigenvalue weighted by Gasteiger charge is -2.22. The van der Waals surface area contributed by atoms with Crippen LogP contribution in [0.25, 0.3) is 11.3 Å². The fourth-order valence-electron chi connectivity index (χ4n) is 2.16. The summed E-state index contributed by atoms with van der Waals surface area (Å²) < 4.78 is 0. The Bertz CT molecular complexity index is 579. The van der Waals surface area contributed by atoms with E-state index >= 15 is 0 Å². The summed E-state index contributed by atoms with van der Waals surface area (Å²) in [6, 6.07) is 12.2. The highest BCUT2D eigenvalue weighted by molar-refractivity contribution is 5.77. The molecule has 0 aliphatic carbocycles. The summed E-state index contributed by atoms with van der Waals surface area (Å²) in [6.07, 6.45) is 0. The minimum Gasteiger partial charge on any atom is -0.355 e. The molecule has 0 bridgehead atoms. The Labute approximate surface area is 125 Å². The fraction of sp³-hybridized carbons (Fsp3) is 0.375. The van der Waals surface area contributed by atoms with Crippen molar-refractivity contribution in [3.8, 4) is 11.3 Å². The van der Waals surface area contributed by atoms with Gasteiger partial charge in [-0.2, -0.15) is 5.10 Å². The average molecular weight is 286 g/mol. The number of carbonyl (C=O) groups excluding carboxylic acids is 1. The minimum atomic E-state index is 0.0367. The Kier molecular flexibility index (Phi) is 5.11. The van der Waals surface area contributed by atoms with Crippen LogP contribution in [0, 0.1) is 0 Å². The summed E-state index contributed by atoms with van der Waals surface area (Å²) in [6.45, 7) is 5.00. The van der Waals surface area contributed by atoms with E-state index in [4.69, 9.17) is 0 Å². The molecular weight excluding hydrogens is 264 g/mol. The lowest BCUT2D eigenvalue weighted by atomic mass is 10.1. The molecule has 1 heterocycles. The Morgan fingerprint density at radius 3 is 2.76 bits per heavy atom. The van der Waals surface area contributed by atoms with Gasteiger partial charge in [0, 0.05) is 18.2 Å². The van der Waals surface area contributed by atoms with Gasteiger partial charge in [-0.3, -0.25) is 14.8 Å². The largest absolute Gasteiger partial charge is 0.355 e. The second-order valence-electron chi connectivity index (χ2n) is 5.12. The maximum Gasteiger partial charge on any atom is 0.234 e. The zero-order valence-corrected chi connectivity index (χ0v) is 12.8. The summed E-state index contributed by atoms with van der Waals surface area (Å²) in [7, 11) is 1.93. The first kappa shape index (κ1) is 15.3. The van der Waals surface area contributed by atoms with Gasteiger partial charge in [-0.15, -0.1) is 0 Å². The minimum absolute atomic E-state index is 0.0367. The number of rotatable bonds is 6. The average Bonchev–Trinajstić information content (AvgIpc) is 2.97. The highest BCUT2D eigenvalue weighted by atomic mass is 16.2. The van der Waals surface area contributed by atoms with Crippen molar-refractivity contribution in [1.29, 1.82) is 0 Å². The molecule has 21 heavy (non-hydrogen) atoms. The normalized spacial score (nSPS) is 12.4. The predicted octanol–water partition coefficient (Wildman–Crippen LogP) is 2.21. The van der Waals surface area contributed by atoms with E-state index in [9.17, 15) is 4.79 Å². The van der Waals surface area contributed by atoms with Crippen molar-refractivity contribution in [2.75, 3.05) is 20.1 Å². The molecule has 0 saturated heterocycles. The Morgan fingerprint density at radius 1 is 1.38 bits per heavy atom. The van der Waals surface area contributed by atoms with Crippen LogP contribution in [0.2, 0.25) is 0 Å². The van der Waals surface area contributed by atoms with E-state index in [0.29, 0.717) is 13.1 Å². The van der Waals surface area contributed by atoms with E-state index in [1.165, 1.54) is 0 Å². The quantitative estimate of drug-likeness (QED) is 0.856. The molecule has 0 saturated carbocycles. The van der Waals surface area contributed by atoms with Crippen molar-refractivity contribution in [2.24, 2.45) is 0 Å². The molecular formula is C16H22N4O. The number of nitrogens with one attached hydrogen (secondary N) is 2. The standard InChI is InChI=1S/C16H22N4O/c1-4-17-16(21)11-20(3)12(2)14-10-15(19-18-14)13-8-6-5-7-9-13/h5-10,12H,4,11H2,1-3H3,(H,17,21)(H,18,19)/t12-/m0/s1. The van der Waals surface area contributed by atoms with Gasteiger partial charge in [0.05, 0.1) is 17.9 Å². The summed E-state index contributed by atoms with van der Waals surface area (Å²) in [4.78, 5) is 13.6. The third kappa shape index (κ3) is 3.92. The van der Waals surface area contributed by atoms with Crippen LogP contribution in [-0.2, 0) is 4.79 Å². The van der Waals surface area contributed by atoms with Gasteiger partial charge < -0.3 is 5.32 Å². The van der Waals surface area contributed by atoms with Crippen LogP contribution in [0.3, 0.4) is 0 Å². The monoisotopic (exact) mass is 286 g/mol. The van der Waals surface area contributed by atoms with Crippen molar-refractivity contribution in [3.63, 3.8) is 0 Å². The lowest BCUT2D eigenvalue weighted by molar-refractivity contribution is -0.122. The zero-order valence-electron chi connectivity index (χ0n) is 12.8. The van der Waals surface area contributed by atoms with Crippen LogP contribution in [0.4, 0.5) is 0 Å². The van der Waals surface area contributed by atoms with Gasteiger partial charge in [0.15, 0.2) is 0 Å². The van der Waals surface area contributed by atoms with Crippen LogP contribution < -0.4 is 5.32 Å². The molecule has 5 nitrogen and oxygen atoms in total. The summed E-state index contributed by atoms with van der Waals surface area (Å²) in [5.41, 5.74) is 3.00. The van der Waals surface area contributed by atoms with E-state index < -0.39 is 0 Å². The maximum absolute atomic E-state index is 11.6. The number of nitrogens with zero attached hydrogens (tertiary/aromatic N) is 2. The van der Waals surface area contributed by atoms with Gasteiger partial charge in [0.1, 0.15) is 0 Å². The van der Waals surface area contributed by atoms with E-state index in [-0.39, 0.29) is 11.9 Å². The summed E-state index contributed by atoms with van der Waals surface area (Å²) in [5, 5.41) is 10.2. The Morgan fingerprint density at radius 2 is 2.10 bits per heavy atom. The Balaban J connectivity index is 2.05. The first-order valence-electron chi connectivity index (χ1n) is 7.19. The van der Waals surface area contributed by atoms with Crippen molar-refractivity contribution < 1.29 is 4.79 Å². The number of carbonyl (C=O) groups is 1. The van der Waals surface area contributed by atoms with Crippen molar-refractivity contribution in [3.05, 3.63) is 42.1 Å². The van der Waals surface area contributed by atoms with E-state index in [1.54, 1.807) is 0 Å². The third-order valence-electron chi connectivity index (χ3n) is 3.55. The van der Waals surface area contributed by atoms with Crippen LogP contribution in [0.1, 0.15) is 25.6 Å². The number of H-pyrrole nitrogens is 1. The van der Waals surface area contributed by atoms with Gasteiger partial charge in [0.2, 0.25) is 5.91 Å². The molecule has 5 heteroatoms. The van der Waals surface area contributed by atoms with Crippen LogP contribution in [0.15, 0.2) is 36.4 Å². The number of hydrogen-bond acceptors (Lipinski definition) is 3. The lowest BCUT2D eigenvalue weighted by Crippen LogP contribution is -2.36. The SMILES string of the molecule is CCNC(=O)CN(C)[C@@H](C)c1cc(-c2ccccc2)n[nH]1. The van der Waals surface area contributed by atoms with Crippen LogP contribution in [-0.4, -0.2) is 41.1 Å². The van der Waals surface area contributed by atoms with Gasteiger partial charge in [-0.25, -0.2) is 0 Å². The summed E-state index contributed by atoms with van der Waals surface area (Å²) >= 11 is 0. The van der Waals surface area contributed by atoms with Crippen LogP contribution in [0.5, 0.6) is 0 Å². The molecule has 2 aromatic rings. The number of hydrogen-bond donors (Lipinski definition) is 2. The highest BCUT2D eigenvalue weighted by Crippen LogP contribution is 2.22. The number of amides is 1. The molecule has 2 rings (SSSR count). The van der Waals surface area contributed by atoms with Gasteiger partial charge in [-0.1, -0.05) is 30.3 Å². The first-order chi connectivity index (χ1) is 10.1. The number of likely N-dealkylation sites (N-methyl/N-ethyl adjacent to an activating group) is 2. The predicted molar refractivity (Wildman–Crippen MR) is 83.8 cm³/mol. The molecule has 1 aromatic heterocycles. The molecule has 1 atom stereocenters.